The van der Waals surface area contributed by atoms with E-state index < -0.39 is 5.97 Å². The molecule has 6 nitrogen and oxygen atoms in total. The number of carbonyl (C=O) groups excluding carboxylic acids is 1. The molecule has 0 aliphatic carbocycles. The zero-order valence-electron chi connectivity index (χ0n) is 13.6. The van der Waals surface area contributed by atoms with Gasteiger partial charge in [0.1, 0.15) is 19.0 Å². The van der Waals surface area contributed by atoms with Gasteiger partial charge >= 0.3 is 5.97 Å². The molecule has 0 bridgehead atoms. The summed E-state index contributed by atoms with van der Waals surface area (Å²) in [5.74, 6) is 0.0243. The van der Waals surface area contributed by atoms with E-state index in [0.29, 0.717) is 29.9 Å². The Bertz CT molecular complexity index is 724. The van der Waals surface area contributed by atoms with Crippen LogP contribution in [0.5, 0.6) is 0 Å². The number of carbonyl (C=O) groups is 1. The first-order valence-corrected chi connectivity index (χ1v) is 7.83. The Balaban J connectivity index is 1.96. The van der Waals surface area contributed by atoms with Crippen molar-refractivity contribution in [1.82, 2.24) is 9.55 Å². The standard InChI is InChI=1S/C17H22N2O4/c1-3-4-9-22-10-11-23-16(20)12-19-13(2)18-15-8-6-5-7-14(15)17(19)21/h5-8H,3-4,9-12H2,1-2H3. The maximum Gasteiger partial charge on any atom is 0.326 e. The Kier molecular flexibility index (Phi) is 6.29. The lowest BCUT2D eigenvalue weighted by Gasteiger charge is -2.10. The molecule has 0 fully saturated rings. The number of aromatic nitrogens is 2. The minimum atomic E-state index is -0.466. The largest absolute Gasteiger partial charge is 0.462 e. The first-order valence-electron chi connectivity index (χ1n) is 7.83. The molecule has 0 radical (unpaired) electrons. The predicted octanol–water partition coefficient (Wildman–Crippen LogP) is 2.06. The quantitative estimate of drug-likeness (QED) is 0.550. The van der Waals surface area contributed by atoms with E-state index in [1.807, 2.05) is 6.07 Å². The maximum atomic E-state index is 12.4. The van der Waals surface area contributed by atoms with Crippen molar-refractivity contribution in [1.29, 1.82) is 0 Å². The van der Waals surface area contributed by atoms with Crippen LogP contribution >= 0.6 is 0 Å². The molecule has 6 heteroatoms. The Labute approximate surface area is 135 Å². The van der Waals surface area contributed by atoms with Crippen molar-refractivity contribution < 1.29 is 14.3 Å². The lowest BCUT2D eigenvalue weighted by molar-refractivity contribution is -0.146. The summed E-state index contributed by atoms with van der Waals surface area (Å²) >= 11 is 0. The number of nitrogens with zero attached hydrogens (tertiary/aromatic N) is 2. The third-order valence-electron chi connectivity index (χ3n) is 3.47. The van der Waals surface area contributed by atoms with Crippen molar-refractivity contribution in [3.63, 3.8) is 0 Å². The van der Waals surface area contributed by atoms with Crippen LogP contribution in [0.1, 0.15) is 25.6 Å². The fraction of sp³-hybridized carbons (Fsp3) is 0.471. The summed E-state index contributed by atoms with van der Waals surface area (Å²) in [7, 11) is 0. The third-order valence-corrected chi connectivity index (χ3v) is 3.47. The maximum absolute atomic E-state index is 12.4. The number of ether oxygens (including phenoxy) is 2. The molecule has 0 aliphatic heterocycles. The average Bonchev–Trinajstić information content (AvgIpc) is 2.55. The Morgan fingerprint density at radius 2 is 2.00 bits per heavy atom. The zero-order valence-corrected chi connectivity index (χ0v) is 13.6. The molecule has 1 aromatic carbocycles. The van der Waals surface area contributed by atoms with E-state index in [4.69, 9.17) is 9.47 Å². The van der Waals surface area contributed by atoms with Gasteiger partial charge in [-0.1, -0.05) is 25.5 Å². The number of fused-ring (bicyclic) bond motifs is 1. The highest BCUT2D eigenvalue weighted by Gasteiger charge is 2.12. The van der Waals surface area contributed by atoms with Gasteiger partial charge < -0.3 is 9.47 Å². The van der Waals surface area contributed by atoms with Crippen molar-refractivity contribution in [2.24, 2.45) is 0 Å². The number of rotatable bonds is 8. The van der Waals surface area contributed by atoms with E-state index in [-0.39, 0.29) is 18.7 Å². The fourth-order valence-corrected chi connectivity index (χ4v) is 2.20. The van der Waals surface area contributed by atoms with Gasteiger partial charge in [0.05, 0.1) is 17.5 Å². The average molecular weight is 318 g/mol. The van der Waals surface area contributed by atoms with Crippen LogP contribution in [-0.2, 0) is 20.8 Å². The molecule has 0 amide bonds. The van der Waals surface area contributed by atoms with Gasteiger partial charge in [0.25, 0.3) is 5.56 Å². The van der Waals surface area contributed by atoms with Crippen molar-refractivity contribution in [2.45, 2.75) is 33.2 Å². The van der Waals surface area contributed by atoms with Gasteiger partial charge in [0.15, 0.2) is 0 Å². The second kappa shape index (κ2) is 8.43. The zero-order chi connectivity index (χ0) is 16.7. The highest BCUT2D eigenvalue weighted by atomic mass is 16.6. The van der Waals surface area contributed by atoms with Crippen LogP contribution in [0.25, 0.3) is 10.9 Å². The number of hydrogen-bond acceptors (Lipinski definition) is 5. The van der Waals surface area contributed by atoms with Crippen molar-refractivity contribution >= 4 is 16.9 Å². The van der Waals surface area contributed by atoms with Gasteiger partial charge in [-0.15, -0.1) is 0 Å². The SMILES string of the molecule is CCCCOCCOC(=O)Cn1c(C)nc2ccccc2c1=O. The summed E-state index contributed by atoms with van der Waals surface area (Å²) in [4.78, 5) is 28.7. The van der Waals surface area contributed by atoms with Crippen molar-refractivity contribution in [2.75, 3.05) is 19.8 Å². The molecule has 0 N–H and O–H groups in total. The number of unbranched alkanes of at least 4 members (excludes halogenated alkanes) is 1. The van der Waals surface area contributed by atoms with E-state index in [0.717, 1.165) is 12.8 Å². The van der Waals surface area contributed by atoms with Crippen LogP contribution in [0.2, 0.25) is 0 Å². The summed E-state index contributed by atoms with van der Waals surface area (Å²) in [6.07, 6.45) is 2.06. The van der Waals surface area contributed by atoms with Crippen molar-refractivity contribution in [3.8, 4) is 0 Å². The summed E-state index contributed by atoms with van der Waals surface area (Å²) < 4.78 is 11.8. The van der Waals surface area contributed by atoms with E-state index >= 15 is 0 Å². The molecular formula is C17H22N2O4. The van der Waals surface area contributed by atoms with Crippen LogP contribution in [0.15, 0.2) is 29.1 Å². The molecule has 0 saturated heterocycles. The summed E-state index contributed by atoms with van der Waals surface area (Å²) in [5.41, 5.74) is 0.396. The summed E-state index contributed by atoms with van der Waals surface area (Å²) in [6, 6.07) is 7.08. The lowest BCUT2D eigenvalue weighted by atomic mass is 10.2. The first-order chi connectivity index (χ1) is 11.1. The highest BCUT2D eigenvalue weighted by molar-refractivity contribution is 5.78. The summed E-state index contributed by atoms with van der Waals surface area (Å²) in [6.45, 7) is 4.88. The van der Waals surface area contributed by atoms with Crippen LogP contribution in [0, 0.1) is 6.92 Å². The Morgan fingerprint density at radius 1 is 1.22 bits per heavy atom. The van der Waals surface area contributed by atoms with Crippen LogP contribution < -0.4 is 5.56 Å². The molecule has 0 aliphatic rings. The first kappa shape index (κ1) is 17.1. The van der Waals surface area contributed by atoms with E-state index in [1.165, 1.54) is 4.57 Å². The van der Waals surface area contributed by atoms with Gasteiger partial charge in [0.2, 0.25) is 0 Å². The second-order valence-corrected chi connectivity index (χ2v) is 5.25. The minimum Gasteiger partial charge on any atom is -0.462 e. The number of para-hydroxylation sites is 1. The molecule has 0 unspecified atom stereocenters. The normalized spacial score (nSPS) is 10.9. The minimum absolute atomic E-state index is 0.141. The third kappa shape index (κ3) is 4.63. The number of aryl methyl sites for hydroxylation is 1. The number of hydrogen-bond donors (Lipinski definition) is 0. The lowest BCUT2D eigenvalue weighted by Crippen LogP contribution is -2.28. The van der Waals surface area contributed by atoms with Gasteiger partial charge in [-0.25, -0.2) is 4.98 Å². The molecule has 0 spiro atoms. The topological polar surface area (TPSA) is 70.4 Å². The molecule has 0 atom stereocenters. The van der Waals surface area contributed by atoms with E-state index in [2.05, 4.69) is 11.9 Å². The van der Waals surface area contributed by atoms with Gasteiger partial charge in [-0.05, 0) is 25.5 Å². The molecule has 2 rings (SSSR count). The van der Waals surface area contributed by atoms with Crippen LogP contribution in [-0.4, -0.2) is 35.3 Å². The molecule has 1 aromatic heterocycles. The molecule has 124 valence electrons. The van der Waals surface area contributed by atoms with Crippen LogP contribution in [0.4, 0.5) is 0 Å². The van der Waals surface area contributed by atoms with Crippen LogP contribution in [0.3, 0.4) is 0 Å². The van der Waals surface area contributed by atoms with E-state index in [1.54, 1.807) is 25.1 Å². The molecule has 0 saturated carbocycles. The highest BCUT2D eigenvalue weighted by Crippen LogP contribution is 2.07. The number of esters is 1. The monoisotopic (exact) mass is 318 g/mol. The molecule has 23 heavy (non-hydrogen) atoms. The molecule has 2 aromatic rings. The Hall–Kier alpha value is -2.21. The molecule has 1 heterocycles. The predicted molar refractivity (Wildman–Crippen MR) is 87.4 cm³/mol. The fourth-order valence-electron chi connectivity index (χ4n) is 2.20. The smallest absolute Gasteiger partial charge is 0.326 e. The second-order valence-electron chi connectivity index (χ2n) is 5.25. The Morgan fingerprint density at radius 3 is 2.78 bits per heavy atom. The number of benzene rings is 1. The van der Waals surface area contributed by atoms with Crippen molar-refractivity contribution in [3.05, 3.63) is 40.4 Å². The van der Waals surface area contributed by atoms with Gasteiger partial charge in [-0.3, -0.25) is 14.2 Å². The molecular weight excluding hydrogens is 296 g/mol. The van der Waals surface area contributed by atoms with Gasteiger partial charge in [0, 0.05) is 6.61 Å². The van der Waals surface area contributed by atoms with E-state index in [9.17, 15) is 9.59 Å². The summed E-state index contributed by atoms with van der Waals surface area (Å²) in [5, 5.41) is 0.494. The van der Waals surface area contributed by atoms with Gasteiger partial charge in [-0.2, -0.15) is 0 Å².